The van der Waals surface area contributed by atoms with Gasteiger partial charge in [0.15, 0.2) is 5.82 Å². The maximum atomic E-state index is 14.4. The molecule has 0 unspecified atom stereocenters. The molecule has 2 aromatic heterocycles. The molecule has 0 spiro atoms. The number of aliphatic carboxylic acids is 1. The highest BCUT2D eigenvalue weighted by molar-refractivity contribution is 6.30. The molecule has 4 rings (SSSR count). The number of carboxylic acids is 1. The number of carboxylic acid groups (broad SMARTS) is 1. The van der Waals surface area contributed by atoms with Crippen LogP contribution in [0.4, 0.5) is 29.2 Å². The fourth-order valence-electron chi connectivity index (χ4n) is 4.80. The first-order valence-electron chi connectivity index (χ1n) is 11.8. The first-order chi connectivity index (χ1) is 17.8. The lowest BCUT2D eigenvalue weighted by molar-refractivity contribution is -0.274. The fraction of sp³-hybridized carbons (Fsp3) is 0.400. The Morgan fingerprint density at radius 2 is 2.08 bits per heavy atom. The quantitative estimate of drug-likeness (QED) is 0.300. The van der Waals surface area contributed by atoms with Gasteiger partial charge in [-0.2, -0.15) is 5.10 Å². The predicted molar refractivity (Wildman–Crippen MR) is 132 cm³/mol. The normalized spacial score (nSPS) is 20.3. The van der Waals surface area contributed by atoms with Gasteiger partial charge in [0, 0.05) is 54.2 Å². The van der Waals surface area contributed by atoms with Crippen LogP contribution in [0.3, 0.4) is 0 Å². The lowest BCUT2D eigenvalue weighted by atomic mass is 9.72. The third-order valence-corrected chi connectivity index (χ3v) is 6.90. The minimum Gasteiger partial charge on any atom is -0.481 e. The van der Waals surface area contributed by atoms with Gasteiger partial charge in [0.05, 0.1) is 10.4 Å². The maximum absolute atomic E-state index is 14.4. The fourth-order valence-corrected chi connectivity index (χ4v) is 4.99. The highest BCUT2D eigenvalue weighted by atomic mass is 35.5. The number of alkyl halides is 3. The third kappa shape index (κ3) is 6.54. The molecule has 204 valence electrons. The molecule has 1 aliphatic rings. The van der Waals surface area contributed by atoms with E-state index in [0.717, 1.165) is 17.8 Å². The van der Waals surface area contributed by atoms with Crippen molar-refractivity contribution in [2.75, 3.05) is 11.9 Å². The number of piperidine rings is 1. The van der Waals surface area contributed by atoms with Gasteiger partial charge in [-0.3, -0.25) is 14.8 Å². The van der Waals surface area contributed by atoms with Crippen LogP contribution in [0, 0.1) is 18.2 Å². The molecule has 13 heteroatoms. The van der Waals surface area contributed by atoms with Crippen molar-refractivity contribution in [2.45, 2.75) is 52.1 Å². The molecule has 0 aliphatic carbocycles. The standard InChI is InChI=1S/C25H26ClF4N5O3/c1-14-8-21(34-33-14)32-20-10-18(38-25(28,29)30)9-17(31-20)12-24(23(36)37)6-7-35(15(2)11-24)13-16-4-3-5-19(26)22(16)27/h3-5,8-10,15H,6-7,11-13H2,1-2H3,(H,36,37)(H2,31,32,33,34)/t15-,24-/m1/s1. The number of hydrogen-bond acceptors (Lipinski definition) is 6. The van der Waals surface area contributed by atoms with Crippen LogP contribution in [0.25, 0.3) is 0 Å². The zero-order valence-corrected chi connectivity index (χ0v) is 21.3. The second-order valence-electron chi connectivity index (χ2n) is 9.54. The second-order valence-corrected chi connectivity index (χ2v) is 9.94. The molecule has 1 aromatic carbocycles. The van der Waals surface area contributed by atoms with Crippen molar-refractivity contribution in [3.8, 4) is 5.75 Å². The van der Waals surface area contributed by atoms with E-state index in [9.17, 15) is 27.5 Å². The van der Waals surface area contributed by atoms with E-state index in [2.05, 4.69) is 25.2 Å². The summed E-state index contributed by atoms with van der Waals surface area (Å²) in [5, 5.41) is 19.8. The Balaban J connectivity index is 1.58. The average Bonchev–Trinajstić information content (AvgIpc) is 3.21. The van der Waals surface area contributed by atoms with Crippen molar-refractivity contribution >= 4 is 29.2 Å². The van der Waals surface area contributed by atoms with Gasteiger partial charge in [-0.15, -0.1) is 13.2 Å². The van der Waals surface area contributed by atoms with Crippen molar-refractivity contribution in [3.63, 3.8) is 0 Å². The molecular formula is C25H26ClF4N5O3. The number of halogens is 5. The van der Waals surface area contributed by atoms with Crippen LogP contribution in [0.5, 0.6) is 5.75 Å². The molecule has 3 heterocycles. The van der Waals surface area contributed by atoms with Crippen molar-refractivity contribution in [2.24, 2.45) is 5.41 Å². The molecule has 1 aliphatic heterocycles. The number of hydrogen-bond donors (Lipinski definition) is 3. The molecule has 2 atom stereocenters. The highest BCUT2D eigenvalue weighted by Gasteiger charge is 2.45. The first-order valence-corrected chi connectivity index (χ1v) is 12.2. The molecule has 0 amide bonds. The number of likely N-dealkylation sites (tertiary alicyclic amines) is 1. The van der Waals surface area contributed by atoms with E-state index >= 15 is 0 Å². The number of ether oxygens (including phenoxy) is 1. The van der Waals surface area contributed by atoms with E-state index in [1.54, 1.807) is 25.1 Å². The van der Waals surface area contributed by atoms with Crippen LogP contribution < -0.4 is 10.1 Å². The zero-order valence-electron chi connectivity index (χ0n) is 20.6. The number of aryl methyl sites for hydroxylation is 1. The Kier molecular flexibility index (Phi) is 7.84. The summed E-state index contributed by atoms with van der Waals surface area (Å²) in [5.41, 5.74) is -0.0633. The number of anilines is 2. The minimum absolute atomic E-state index is 0.00786. The molecule has 38 heavy (non-hydrogen) atoms. The number of benzene rings is 1. The predicted octanol–water partition coefficient (Wildman–Crippen LogP) is 5.85. The summed E-state index contributed by atoms with van der Waals surface area (Å²) in [6.45, 7) is 4.16. The number of aromatic amines is 1. The summed E-state index contributed by atoms with van der Waals surface area (Å²) in [6, 6.07) is 8.26. The molecule has 1 saturated heterocycles. The molecule has 3 N–H and O–H groups in total. The maximum Gasteiger partial charge on any atom is 0.573 e. The van der Waals surface area contributed by atoms with E-state index in [1.165, 1.54) is 6.07 Å². The Hall–Kier alpha value is -3.38. The molecule has 3 aromatic rings. The number of carbonyl (C=O) groups is 1. The van der Waals surface area contributed by atoms with E-state index in [-0.39, 0.29) is 48.4 Å². The van der Waals surface area contributed by atoms with Gasteiger partial charge in [0.2, 0.25) is 0 Å². The van der Waals surface area contributed by atoms with Crippen LogP contribution >= 0.6 is 11.6 Å². The summed E-state index contributed by atoms with van der Waals surface area (Å²) in [7, 11) is 0. The average molecular weight is 556 g/mol. The zero-order chi connectivity index (χ0) is 27.7. The number of rotatable bonds is 8. The smallest absolute Gasteiger partial charge is 0.481 e. The Morgan fingerprint density at radius 1 is 1.32 bits per heavy atom. The summed E-state index contributed by atoms with van der Waals surface area (Å²) >= 11 is 5.89. The van der Waals surface area contributed by atoms with Crippen molar-refractivity contribution in [3.05, 3.63) is 64.2 Å². The van der Waals surface area contributed by atoms with Gasteiger partial charge in [-0.05, 0) is 39.3 Å². The van der Waals surface area contributed by atoms with E-state index < -0.39 is 29.3 Å². The highest BCUT2D eigenvalue weighted by Crippen LogP contribution is 2.40. The molecule has 0 bridgehead atoms. The van der Waals surface area contributed by atoms with Gasteiger partial charge in [0.25, 0.3) is 0 Å². The SMILES string of the molecule is Cc1cc(Nc2cc(OC(F)(F)F)cc(C[C@@]3(C(=O)O)CCN(Cc4cccc(Cl)c4F)[C@H](C)C3)n2)n[nH]1. The van der Waals surface area contributed by atoms with Crippen LogP contribution in [0.2, 0.25) is 5.02 Å². The molecule has 1 fully saturated rings. The second kappa shape index (κ2) is 10.8. The molecule has 8 nitrogen and oxygen atoms in total. The van der Waals surface area contributed by atoms with Gasteiger partial charge in [-0.1, -0.05) is 23.7 Å². The number of nitrogens with one attached hydrogen (secondary N) is 2. The molecule has 0 radical (unpaired) electrons. The monoisotopic (exact) mass is 555 g/mol. The Morgan fingerprint density at radius 3 is 2.71 bits per heavy atom. The third-order valence-electron chi connectivity index (χ3n) is 6.61. The van der Waals surface area contributed by atoms with Crippen molar-refractivity contribution < 1.29 is 32.2 Å². The summed E-state index contributed by atoms with van der Waals surface area (Å²) in [5.74, 6) is -1.78. The van der Waals surface area contributed by atoms with E-state index in [4.69, 9.17) is 11.6 Å². The van der Waals surface area contributed by atoms with Gasteiger partial charge < -0.3 is 15.2 Å². The largest absolute Gasteiger partial charge is 0.573 e. The number of nitrogens with zero attached hydrogens (tertiary/aromatic N) is 3. The van der Waals surface area contributed by atoms with E-state index in [1.807, 2.05) is 11.8 Å². The van der Waals surface area contributed by atoms with Gasteiger partial charge >= 0.3 is 12.3 Å². The van der Waals surface area contributed by atoms with Crippen LogP contribution in [-0.4, -0.2) is 50.1 Å². The van der Waals surface area contributed by atoms with Crippen molar-refractivity contribution in [1.82, 2.24) is 20.1 Å². The molecular weight excluding hydrogens is 530 g/mol. The lowest BCUT2D eigenvalue weighted by Crippen LogP contribution is -2.49. The minimum atomic E-state index is -4.95. The van der Waals surface area contributed by atoms with Crippen LogP contribution in [-0.2, 0) is 17.8 Å². The molecule has 0 saturated carbocycles. The van der Waals surface area contributed by atoms with E-state index in [0.29, 0.717) is 17.9 Å². The number of aromatic nitrogens is 3. The van der Waals surface area contributed by atoms with Crippen LogP contribution in [0.1, 0.15) is 36.7 Å². The number of H-pyrrole nitrogens is 1. The van der Waals surface area contributed by atoms with Crippen molar-refractivity contribution in [1.29, 1.82) is 0 Å². The number of pyridine rings is 1. The summed E-state index contributed by atoms with van der Waals surface area (Å²) in [6.07, 6.45) is -4.71. The lowest BCUT2D eigenvalue weighted by Gasteiger charge is -2.43. The summed E-state index contributed by atoms with van der Waals surface area (Å²) in [4.78, 5) is 18.8. The first kappa shape index (κ1) is 27.6. The van der Waals surface area contributed by atoms with Gasteiger partial charge in [-0.25, -0.2) is 9.37 Å². The Labute approximate surface area is 221 Å². The van der Waals surface area contributed by atoms with Gasteiger partial charge in [0.1, 0.15) is 17.4 Å². The summed E-state index contributed by atoms with van der Waals surface area (Å²) < 4.78 is 57.6. The van der Waals surface area contributed by atoms with Crippen LogP contribution in [0.15, 0.2) is 36.4 Å². The topological polar surface area (TPSA) is 103 Å². The Bertz CT molecular complexity index is 1320.